The summed E-state index contributed by atoms with van der Waals surface area (Å²) in [5.74, 6) is 0.133. The van der Waals surface area contributed by atoms with E-state index in [1.807, 2.05) is 12.3 Å². The number of aromatic amines is 1. The van der Waals surface area contributed by atoms with E-state index in [0.717, 1.165) is 42.8 Å². The number of hydrogen-bond donors (Lipinski definition) is 2. The lowest BCUT2D eigenvalue weighted by Gasteiger charge is -2.28. The van der Waals surface area contributed by atoms with E-state index in [4.69, 9.17) is 0 Å². The van der Waals surface area contributed by atoms with Crippen molar-refractivity contribution in [1.29, 1.82) is 0 Å². The van der Waals surface area contributed by atoms with Crippen LogP contribution in [0.2, 0.25) is 0 Å². The number of thioether (sulfide) groups is 1. The van der Waals surface area contributed by atoms with Gasteiger partial charge in [0.15, 0.2) is 5.16 Å². The van der Waals surface area contributed by atoms with Crippen LogP contribution in [0, 0.1) is 0 Å². The quantitative estimate of drug-likeness (QED) is 0.794. The molecule has 122 valence electrons. The van der Waals surface area contributed by atoms with Gasteiger partial charge in [-0.05, 0) is 43.7 Å². The van der Waals surface area contributed by atoms with Gasteiger partial charge in [-0.15, -0.1) is 0 Å². The summed E-state index contributed by atoms with van der Waals surface area (Å²) in [6.07, 6.45) is 12.7. The van der Waals surface area contributed by atoms with E-state index in [0.29, 0.717) is 17.7 Å². The highest BCUT2D eigenvalue weighted by Crippen LogP contribution is 2.31. The molecule has 1 fully saturated rings. The second-order valence-corrected chi connectivity index (χ2v) is 7.06. The summed E-state index contributed by atoms with van der Waals surface area (Å²) in [5, 5.41) is 11.2. The first-order valence-corrected chi connectivity index (χ1v) is 8.88. The van der Waals surface area contributed by atoms with Crippen molar-refractivity contribution in [2.24, 2.45) is 0 Å². The standard InChI is InChI=1S/C16H21N5OS/c22-15(7-2-12-10-19-20-11-12)21-13-3-5-14(6-4-13)23-16-17-8-1-9-18-16/h1,8-11,13-14H,2-7H2,(H,19,20)(H,21,22). The fourth-order valence-electron chi connectivity index (χ4n) is 2.79. The largest absolute Gasteiger partial charge is 0.353 e. The van der Waals surface area contributed by atoms with Gasteiger partial charge < -0.3 is 5.32 Å². The van der Waals surface area contributed by atoms with Crippen LogP contribution >= 0.6 is 11.8 Å². The van der Waals surface area contributed by atoms with Crippen molar-refractivity contribution < 1.29 is 4.79 Å². The Morgan fingerprint density at radius 3 is 2.74 bits per heavy atom. The molecule has 0 atom stereocenters. The minimum Gasteiger partial charge on any atom is -0.353 e. The molecule has 0 aliphatic heterocycles. The minimum atomic E-state index is 0.133. The van der Waals surface area contributed by atoms with E-state index in [2.05, 4.69) is 25.5 Å². The van der Waals surface area contributed by atoms with Crippen LogP contribution in [0.3, 0.4) is 0 Å². The van der Waals surface area contributed by atoms with Crippen LogP contribution in [0.25, 0.3) is 0 Å². The lowest BCUT2D eigenvalue weighted by molar-refractivity contribution is -0.121. The van der Waals surface area contributed by atoms with E-state index in [-0.39, 0.29) is 5.91 Å². The monoisotopic (exact) mass is 331 g/mol. The molecule has 0 saturated heterocycles. The van der Waals surface area contributed by atoms with E-state index in [9.17, 15) is 4.79 Å². The van der Waals surface area contributed by atoms with E-state index >= 15 is 0 Å². The Balaban J connectivity index is 1.36. The number of aromatic nitrogens is 4. The minimum absolute atomic E-state index is 0.133. The second kappa shape index (κ2) is 8.10. The number of hydrogen-bond acceptors (Lipinski definition) is 5. The van der Waals surface area contributed by atoms with Gasteiger partial charge in [-0.2, -0.15) is 5.10 Å². The predicted octanol–water partition coefficient (Wildman–Crippen LogP) is 2.35. The Labute approximate surface area is 139 Å². The fourth-order valence-corrected chi connectivity index (χ4v) is 3.84. The van der Waals surface area contributed by atoms with E-state index in [1.165, 1.54) is 0 Å². The summed E-state index contributed by atoms with van der Waals surface area (Å²) < 4.78 is 0. The number of carbonyl (C=O) groups excluding carboxylic acids is 1. The SMILES string of the molecule is O=C(CCc1cn[nH]c1)NC1CCC(Sc2ncccn2)CC1. The third-order valence-electron chi connectivity index (χ3n) is 4.05. The first-order valence-electron chi connectivity index (χ1n) is 8.00. The van der Waals surface area contributed by atoms with Gasteiger partial charge in [-0.3, -0.25) is 9.89 Å². The summed E-state index contributed by atoms with van der Waals surface area (Å²) in [5.41, 5.74) is 1.07. The van der Waals surface area contributed by atoms with Crippen molar-refractivity contribution in [3.63, 3.8) is 0 Å². The molecule has 2 N–H and O–H groups in total. The van der Waals surface area contributed by atoms with Crippen LogP contribution < -0.4 is 5.32 Å². The number of nitrogens with zero attached hydrogens (tertiary/aromatic N) is 3. The van der Waals surface area contributed by atoms with Gasteiger partial charge in [0, 0.05) is 36.3 Å². The molecule has 2 aromatic rings. The maximum atomic E-state index is 12.0. The van der Waals surface area contributed by atoms with Crippen molar-refractivity contribution in [3.8, 4) is 0 Å². The molecule has 0 radical (unpaired) electrons. The van der Waals surface area contributed by atoms with Crippen LogP contribution in [-0.4, -0.2) is 37.4 Å². The zero-order chi connectivity index (χ0) is 15.9. The van der Waals surface area contributed by atoms with Crippen molar-refractivity contribution in [3.05, 3.63) is 36.4 Å². The highest BCUT2D eigenvalue weighted by Gasteiger charge is 2.23. The molecule has 1 amide bonds. The third-order valence-corrected chi connectivity index (χ3v) is 5.28. The lowest BCUT2D eigenvalue weighted by atomic mass is 9.95. The van der Waals surface area contributed by atoms with Crippen molar-refractivity contribution in [2.45, 2.75) is 55.0 Å². The van der Waals surface area contributed by atoms with Gasteiger partial charge in [0.1, 0.15) is 0 Å². The van der Waals surface area contributed by atoms with Crippen molar-refractivity contribution in [1.82, 2.24) is 25.5 Å². The Bertz CT molecular complexity index is 596. The van der Waals surface area contributed by atoms with Crippen LogP contribution in [0.15, 0.2) is 36.0 Å². The lowest BCUT2D eigenvalue weighted by Crippen LogP contribution is -2.38. The summed E-state index contributed by atoms with van der Waals surface area (Å²) in [4.78, 5) is 20.5. The van der Waals surface area contributed by atoms with Gasteiger partial charge in [0.2, 0.25) is 5.91 Å². The van der Waals surface area contributed by atoms with Gasteiger partial charge in [0.25, 0.3) is 0 Å². The van der Waals surface area contributed by atoms with Crippen molar-refractivity contribution in [2.75, 3.05) is 0 Å². The molecule has 0 aromatic carbocycles. The highest BCUT2D eigenvalue weighted by molar-refractivity contribution is 7.99. The number of H-pyrrole nitrogens is 1. The van der Waals surface area contributed by atoms with E-state index < -0.39 is 0 Å². The molecule has 1 aliphatic rings. The van der Waals surface area contributed by atoms with Gasteiger partial charge in [0.05, 0.1) is 6.20 Å². The summed E-state index contributed by atoms with van der Waals surface area (Å²) in [6.45, 7) is 0. The Morgan fingerprint density at radius 1 is 1.26 bits per heavy atom. The van der Waals surface area contributed by atoms with E-state index in [1.54, 1.807) is 30.4 Å². The van der Waals surface area contributed by atoms with Crippen LogP contribution in [-0.2, 0) is 11.2 Å². The molecule has 0 spiro atoms. The smallest absolute Gasteiger partial charge is 0.220 e. The van der Waals surface area contributed by atoms with Crippen LogP contribution in [0.5, 0.6) is 0 Å². The zero-order valence-corrected chi connectivity index (χ0v) is 13.8. The second-order valence-electron chi connectivity index (χ2n) is 5.80. The third kappa shape index (κ3) is 5.06. The highest BCUT2D eigenvalue weighted by atomic mass is 32.2. The predicted molar refractivity (Wildman–Crippen MR) is 89.0 cm³/mol. The first kappa shape index (κ1) is 16.0. The number of carbonyl (C=O) groups is 1. The molecule has 0 bridgehead atoms. The average molecular weight is 331 g/mol. The Morgan fingerprint density at radius 2 is 2.04 bits per heavy atom. The zero-order valence-electron chi connectivity index (χ0n) is 12.9. The van der Waals surface area contributed by atoms with Crippen molar-refractivity contribution >= 4 is 17.7 Å². The molecule has 7 heteroatoms. The number of rotatable bonds is 6. The first-order chi connectivity index (χ1) is 11.3. The maximum absolute atomic E-state index is 12.0. The topological polar surface area (TPSA) is 83.6 Å². The molecule has 3 rings (SSSR count). The summed E-state index contributed by atoms with van der Waals surface area (Å²) in [6, 6.07) is 2.14. The average Bonchev–Trinajstić information content (AvgIpc) is 3.09. The number of nitrogens with one attached hydrogen (secondary N) is 2. The molecule has 0 unspecified atom stereocenters. The summed E-state index contributed by atoms with van der Waals surface area (Å²) in [7, 11) is 0. The van der Waals surface area contributed by atoms with Gasteiger partial charge in [-0.1, -0.05) is 11.8 Å². The Kier molecular flexibility index (Phi) is 5.63. The summed E-state index contributed by atoms with van der Waals surface area (Å²) >= 11 is 1.75. The fraction of sp³-hybridized carbons (Fsp3) is 0.500. The maximum Gasteiger partial charge on any atom is 0.220 e. The molecule has 23 heavy (non-hydrogen) atoms. The van der Waals surface area contributed by atoms with Gasteiger partial charge in [-0.25, -0.2) is 9.97 Å². The normalized spacial score (nSPS) is 21.0. The molecule has 1 saturated carbocycles. The Hall–Kier alpha value is -1.89. The van der Waals surface area contributed by atoms with Crippen LogP contribution in [0.4, 0.5) is 0 Å². The molecule has 2 aromatic heterocycles. The molecular formula is C16H21N5OS. The number of amides is 1. The number of aryl methyl sites for hydroxylation is 1. The van der Waals surface area contributed by atoms with Crippen LogP contribution in [0.1, 0.15) is 37.7 Å². The molecule has 1 aliphatic carbocycles. The molecular weight excluding hydrogens is 310 g/mol. The molecule has 6 nitrogen and oxygen atoms in total. The van der Waals surface area contributed by atoms with Gasteiger partial charge >= 0.3 is 0 Å². The molecule has 2 heterocycles.